The Kier molecular flexibility index (Phi) is 5.57. The van der Waals surface area contributed by atoms with Gasteiger partial charge in [0.2, 0.25) is 5.91 Å². The Morgan fingerprint density at radius 2 is 2.19 bits per heavy atom. The van der Waals surface area contributed by atoms with Gasteiger partial charge in [-0.2, -0.15) is 0 Å². The third-order valence-electron chi connectivity index (χ3n) is 4.16. The van der Waals surface area contributed by atoms with E-state index >= 15 is 0 Å². The van der Waals surface area contributed by atoms with Gasteiger partial charge in [-0.05, 0) is 45.0 Å². The minimum atomic E-state index is -0.468. The zero-order valence-electron chi connectivity index (χ0n) is 15.1. The Morgan fingerprint density at radius 3 is 2.92 bits per heavy atom. The average molecular weight is 375 g/mol. The van der Waals surface area contributed by atoms with E-state index in [9.17, 15) is 4.79 Å². The Hall–Kier alpha value is -2.40. The van der Waals surface area contributed by atoms with Crippen LogP contribution in [0.1, 0.15) is 26.3 Å². The van der Waals surface area contributed by atoms with E-state index in [-0.39, 0.29) is 12.0 Å². The van der Waals surface area contributed by atoms with Gasteiger partial charge in [0.05, 0.1) is 12.3 Å². The maximum absolute atomic E-state index is 12.5. The summed E-state index contributed by atoms with van der Waals surface area (Å²) in [6, 6.07) is 10.5. The van der Waals surface area contributed by atoms with Crippen molar-refractivity contribution in [3.8, 4) is 11.5 Å². The summed E-state index contributed by atoms with van der Waals surface area (Å²) in [4.78, 5) is 12.5. The van der Waals surface area contributed by atoms with Crippen molar-refractivity contribution in [2.75, 3.05) is 17.2 Å². The Bertz CT molecular complexity index is 810. The van der Waals surface area contributed by atoms with Crippen LogP contribution in [0.25, 0.3) is 0 Å². The van der Waals surface area contributed by atoms with E-state index in [4.69, 9.17) is 21.1 Å². The van der Waals surface area contributed by atoms with E-state index in [0.717, 1.165) is 29.2 Å². The van der Waals surface area contributed by atoms with Gasteiger partial charge in [0, 0.05) is 28.8 Å². The molecule has 5 nitrogen and oxygen atoms in total. The predicted molar refractivity (Wildman–Crippen MR) is 105 cm³/mol. The van der Waals surface area contributed by atoms with Crippen LogP contribution in [0.3, 0.4) is 0 Å². The highest BCUT2D eigenvalue weighted by atomic mass is 35.5. The van der Waals surface area contributed by atoms with E-state index < -0.39 is 6.04 Å². The number of ether oxygens (including phenoxy) is 2. The van der Waals surface area contributed by atoms with Crippen molar-refractivity contribution < 1.29 is 14.3 Å². The minimum Gasteiger partial charge on any atom is -0.492 e. The molecule has 3 rings (SSSR count). The molecule has 2 N–H and O–H groups in total. The predicted octanol–water partition coefficient (Wildman–Crippen LogP) is 4.50. The molecule has 1 aliphatic rings. The van der Waals surface area contributed by atoms with E-state index in [1.807, 2.05) is 26.0 Å². The van der Waals surface area contributed by atoms with Gasteiger partial charge in [0.15, 0.2) is 0 Å². The summed E-state index contributed by atoms with van der Waals surface area (Å²) in [5.41, 5.74) is 2.53. The molecular formula is C20H23ClN2O3. The largest absolute Gasteiger partial charge is 0.492 e. The highest BCUT2D eigenvalue weighted by Gasteiger charge is 2.23. The van der Waals surface area contributed by atoms with Gasteiger partial charge < -0.3 is 20.1 Å². The van der Waals surface area contributed by atoms with Crippen molar-refractivity contribution in [1.29, 1.82) is 0 Å². The van der Waals surface area contributed by atoms with Crippen LogP contribution in [0.15, 0.2) is 36.4 Å². The van der Waals surface area contributed by atoms with Crippen molar-refractivity contribution in [2.45, 2.75) is 39.3 Å². The summed E-state index contributed by atoms with van der Waals surface area (Å²) in [7, 11) is 0. The number of carbonyl (C=O) groups is 1. The average Bonchev–Trinajstić information content (AvgIpc) is 2.94. The summed E-state index contributed by atoms with van der Waals surface area (Å²) >= 11 is 5.96. The second-order valence-corrected chi connectivity index (χ2v) is 6.82. The van der Waals surface area contributed by atoms with Crippen molar-refractivity contribution in [3.05, 3.63) is 47.0 Å². The zero-order valence-corrected chi connectivity index (χ0v) is 15.9. The number of benzene rings is 2. The molecule has 26 heavy (non-hydrogen) atoms. The van der Waals surface area contributed by atoms with Gasteiger partial charge >= 0.3 is 0 Å². The number of amides is 1. The molecular weight excluding hydrogens is 352 g/mol. The maximum atomic E-state index is 12.5. The molecule has 2 aromatic rings. The lowest BCUT2D eigenvalue weighted by Crippen LogP contribution is -2.32. The topological polar surface area (TPSA) is 59.6 Å². The molecule has 0 radical (unpaired) electrons. The van der Waals surface area contributed by atoms with E-state index in [0.29, 0.717) is 17.3 Å². The second-order valence-electron chi connectivity index (χ2n) is 6.39. The maximum Gasteiger partial charge on any atom is 0.246 e. The highest BCUT2D eigenvalue weighted by Crippen LogP contribution is 2.38. The molecule has 0 bridgehead atoms. The van der Waals surface area contributed by atoms with Crippen LogP contribution in [-0.2, 0) is 11.2 Å². The second kappa shape index (κ2) is 7.87. The fourth-order valence-corrected chi connectivity index (χ4v) is 3.13. The number of fused-ring (bicyclic) bond motifs is 1. The summed E-state index contributed by atoms with van der Waals surface area (Å²) < 4.78 is 11.6. The molecule has 1 heterocycles. The lowest BCUT2D eigenvalue weighted by atomic mass is 10.1. The monoisotopic (exact) mass is 374 g/mol. The molecule has 1 aliphatic heterocycles. The molecule has 2 atom stereocenters. The number of hydrogen-bond donors (Lipinski definition) is 2. The van der Waals surface area contributed by atoms with Crippen LogP contribution in [0, 0.1) is 0 Å². The highest BCUT2D eigenvalue weighted by molar-refractivity contribution is 6.30. The summed E-state index contributed by atoms with van der Waals surface area (Å²) in [5.74, 6) is 1.40. The number of carbonyl (C=O) groups excluding carboxylic acids is 1. The number of nitrogens with one attached hydrogen (secondary N) is 2. The minimum absolute atomic E-state index is 0.151. The van der Waals surface area contributed by atoms with E-state index in [1.54, 1.807) is 31.2 Å². The van der Waals surface area contributed by atoms with Gasteiger partial charge in [-0.25, -0.2) is 0 Å². The summed E-state index contributed by atoms with van der Waals surface area (Å²) in [5, 5.41) is 6.66. The first-order valence-corrected chi connectivity index (χ1v) is 9.13. The van der Waals surface area contributed by atoms with Gasteiger partial charge in [0.25, 0.3) is 0 Å². The van der Waals surface area contributed by atoms with E-state index in [1.165, 1.54) is 0 Å². The first-order valence-electron chi connectivity index (χ1n) is 8.75. The third kappa shape index (κ3) is 4.22. The van der Waals surface area contributed by atoms with Gasteiger partial charge in [-0.3, -0.25) is 4.79 Å². The molecule has 138 valence electrons. The van der Waals surface area contributed by atoms with Gasteiger partial charge in [0.1, 0.15) is 23.6 Å². The number of halogens is 1. The SMILES string of the molecule is CCOc1cc2c(cc1N[C@H](C)C(=O)Nc1cccc(Cl)c1)O[C@@H](C)C2. The molecule has 6 heteroatoms. The molecule has 0 unspecified atom stereocenters. The fourth-order valence-electron chi connectivity index (χ4n) is 2.94. The molecule has 0 aromatic heterocycles. The normalized spacial score (nSPS) is 16.4. The van der Waals surface area contributed by atoms with Gasteiger partial charge in [-0.1, -0.05) is 17.7 Å². The smallest absolute Gasteiger partial charge is 0.246 e. The van der Waals surface area contributed by atoms with Gasteiger partial charge in [-0.15, -0.1) is 0 Å². The molecule has 0 aliphatic carbocycles. The Labute approximate surface area is 158 Å². The van der Waals surface area contributed by atoms with Crippen molar-refractivity contribution in [3.63, 3.8) is 0 Å². The summed E-state index contributed by atoms with van der Waals surface area (Å²) in [6.45, 7) is 6.32. The van der Waals surface area contributed by atoms with Crippen LogP contribution in [0.5, 0.6) is 11.5 Å². The number of anilines is 2. The lowest BCUT2D eigenvalue weighted by molar-refractivity contribution is -0.116. The zero-order chi connectivity index (χ0) is 18.7. The van der Waals surface area contributed by atoms with Crippen molar-refractivity contribution in [2.24, 2.45) is 0 Å². The molecule has 1 amide bonds. The van der Waals surface area contributed by atoms with Crippen LogP contribution < -0.4 is 20.1 Å². The molecule has 0 saturated heterocycles. The first-order chi connectivity index (χ1) is 12.5. The molecule has 0 fully saturated rings. The molecule has 2 aromatic carbocycles. The summed E-state index contributed by atoms with van der Waals surface area (Å²) in [6.07, 6.45) is 1.01. The van der Waals surface area contributed by atoms with E-state index in [2.05, 4.69) is 10.6 Å². The van der Waals surface area contributed by atoms with Crippen LogP contribution in [-0.4, -0.2) is 24.7 Å². The first kappa shape index (κ1) is 18.4. The molecule has 0 saturated carbocycles. The Morgan fingerprint density at radius 1 is 1.38 bits per heavy atom. The van der Waals surface area contributed by atoms with Crippen molar-refractivity contribution in [1.82, 2.24) is 0 Å². The third-order valence-corrected chi connectivity index (χ3v) is 4.39. The van der Waals surface area contributed by atoms with Crippen LogP contribution >= 0.6 is 11.6 Å². The number of rotatable bonds is 6. The lowest BCUT2D eigenvalue weighted by Gasteiger charge is -2.19. The fraction of sp³-hybridized carbons (Fsp3) is 0.350. The Balaban J connectivity index is 1.74. The standard InChI is InChI=1S/C20H23ClN2O3/c1-4-25-19-9-14-8-12(2)26-18(14)11-17(19)22-13(3)20(24)23-16-7-5-6-15(21)10-16/h5-7,9-13,22H,4,8H2,1-3H3,(H,23,24)/t12-,13+/m0/s1. The molecule has 0 spiro atoms. The van der Waals surface area contributed by atoms with Crippen LogP contribution in [0.2, 0.25) is 5.02 Å². The van der Waals surface area contributed by atoms with Crippen LogP contribution in [0.4, 0.5) is 11.4 Å². The quantitative estimate of drug-likeness (QED) is 0.781. The van der Waals surface area contributed by atoms with Crippen molar-refractivity contribution >= 4 is 28.9 Å². The number of hydrogen-bond acceptors (Lipinski definition) is 4.